The highest BCUT2D eigenvalue weighted by atomic mass is 16.5. The number of ether oxygens (including phenoxy) is 1. The van der Waals surface area contributed by atoms with E-state index < -0.39 is 5.97 Å². The van der Waals surface area contributed by atoms with E-state index >= 15 is 0 Å². The molecule has 4 heteroatoms. The zero-order valence-electron chi connectivity index (χ0n) is 8.40. The molecule has 0 bridgehead atoms. The van der Waals surface area contributed by atoms with Gasteiger partial charge in [-0.25, -0.2) is 4.79 Å². The van der Waals surface area contributed by atoms with Gasteiger partial charge in [0.1, 0.15) is 6.61 Å². The molecule has 0 spiro atoms. The number of carbonyl (C=O) groups excluding carboxylic acids is 1. The molecule has 0 radical (unpaired) electrons. The molecule has 0 aromatic heterocycles. The molecule has 0 aliphatic heterocycles. The monoisotopic (exact) mass is 208 g/mol. The minimum atomic E-state index is -0.990. The van der Waals surface area contributed by atoms with Crippen molar-refractivity contribution in [2.75, 3.05) is 6.61 Å². The van der Waals surface area contributed by atoms with Crippen molar-refractivity contribution in [3.63, 3.8) is 0 Å². The van der Waals surface area contributed by atoms with Crippen LogP contribution in [0.1, 0.15) is 22.8 Å². The van der Waals surface area contributed by atoms with Crippen LogP contribution in [0.4, 0.5) is 0 Å². The first kappa shape index (κ1) is 11.4. The zero-order valence-corrected chi connectivity index (χ0v) is 8.40. The Hall–Kier alpha value is -1.68. The normalized spacial score (nSPS) is 9.93. The molecule has 0 unspecified atom stereocenters. The van der Waals surface area contributed by atoms with E-state index in [0.29, 0.717) is 5.56 Å². The summed E-state index contributed by atoms with van der Waals surface area (Å²) in [7, 11) is 0. The first-order valence-electron chi connectivity index (χ1n) is 4.49. The number of carboxylic acid groups (broad SMARTS) is 1. The van der Waals surface area contributed by atoms with Crippen molar-refractivity contribution in [1.29, 1.82) is 0 Å². The van der Waals surface area contributed by atoms with E-state index in [1.54, 1.807) is 24.3 Å². The van der Waals surface area contributed by atoms with Gasteiger partial charge >= 0.3 is 5.97 Å². The molecule has 80 valence electrons. The van der Waals surface area contributed by atoms with Crippen molar-refractivity contribution in [3.8, 4) is 0 Å². The largest absolute Gasteiger partial charge is 0.480 e. The van der Waals surface area contributed by atoms with E-state index in [2.05, 4.69) is 0 Å². The minimum absolute atomic E-state index is 0.00741. The molecular weight excluding hydrogens is 196 g/mol. The van der Waals surface area contributed by atoms with Gasteiger partial charge in [0.05, 0.1) is 6.61 Å². The maximum Gasteiger partial charge on any atom is 0.329 e. The van der Waals surface area contributed by atoms with E-state index in [0.717, 1.165) is 5.56 Å². The number of hydrogen-bond donors (Lipinski definition) is 1. The van der Waals surface area contributed by atoms with Gasteiger partial charge < -0.3 is 9.84 Å². The summed E-state index contributed by atoms with van der Waals surface area (Å²) in [4.78, 5) is 21.1. The van der Waals surface area contributed by atoms with Gasteiger partial charge in [-0.3, -0.25) is 4.79 Å². The van der Waals surface area contributed by atoms with Gasteiger partial charge in [-0.05, 0) is 12.5 Å². The van der Waals surface area contributed by atoms with Gasteiger partial charge in [0.25, 0.3) is 0 Å². The third kappa shape index (κ3) is 3.91. The van der Waals surface area contributed by atoms with Crippen LogP contribution in [-0.4, -0.2) is 23.5 Å². The topological polar surface area (TPSA) is 63.6 Å². The summed E-state index contributed by atoms with van der Waals surface area (Å²) in [5.41, 5.74) is 1.48. The molecule has 0 atom stereocenters. The summed E-state index contributed by atoms with van der Waals surface area (Å²) >= 11 is 0. The molecule has 15 heavy (non-hydrogen) atoms. The van der Waals surface area contributed by atoms with Crippen molar-refractivity contribution in [1.82, 2.24) is 0 Å². The van der Waals surface area contributed by atoms with Crippen molar-refractivity contribution < 1.29 is 19.4 Å². The molecule has 1 rings (SSSR count). The van der Waals surface area contributed by atoms with Crippen LogP contribution in [0, 0.1) is 0 Å². The van der Waals surface area contributed by atoms with Crippen LogP contribution < -0.4 is 0 Å². The molecule has 1 N–H and O–H groups in total. The SMILES string of the molecule is CC(=O)c1ccc(COCC(=O)O)cc1. The fourth-order valence-corrected chi connectivity index (χ4v) is 1.09. The summed E-state index contributed by atoms with van der Waals surface area (Å²) in [6.45, 7) is 1.43. The lowest BCUT2D eigenvalue weighted by Gasteiger charge is -2.02. The van der Waals surface area contributed by atoms with Crippen LogP contribution in [0.3, 0.4) is 0 Å². The molecule has 4 nitrogen and oxygen atoms in total. The summed E-state index contributed by atoms with van der Waals surface area (Å²) in [6, 6.07) is 6.89. The molecular formula is C11H12O4. The third-order valence-electron chi connectivity index (χ3n) is 1.85. The van der Waals surface area contributed by atoms with Crippen molar-refractivity contribution in [2.24, 2.45) is 0 Å². The Kier molecular flexibility index (Phi) is 4.00. The average Bonchev–Trinajstić information content (AvgIpc) is 2.18. The van der Waals surface area contributed by atoms with Crippen LogP contribution in [0.2, 0.25) is 0 Å². The van der Waals surface area contributed by atoms with Crippen LogP contribution in [-0.2, 0) is 16.1 Å². The maximum absolute atomic E-state index is 11.0. The van der Waals surface area contributed by atoms with Crippen LogP contribution >= 0.6 is 0 Å². The lowest BCUT2D eigenvalue weighted by molar-refractivity contribution is -0.142. The second-order valence-electron chi connectivity index (χ2n) is 3.14. The lowest BCUT2D eigenvalue weighted by Crippen LogP contribution is -2.06. The van der Waals surface area contributed by atoms with Crippen LogP contribution in [0.15, 0.2) is 24.3 Å². The van der Waals surface area contributed by atoms with Crippen LogP contribution in [0.5, 0.6) is 0 Å². The Labute approximate surface area is 87.5 Å². The second-order valence-corrected chi connectivity index (χ2v) is 3.14. The fourth-order valence-electron chi connectivity index (χ4n) is 1.09. The highest BCUT2D eigenvalue weighted by molar-refractivity contribution is 5.93. The molecule has 0 saturated heterocycles. The molecule has 1 aromatic carbocycles. The van der Waals surface area contributed by atoms with Crippen molar-refractivity contribution >= 4 is 11.8 Å². The molecule has 0 fully saturated rings. The maximum atomic E-state index is 11.0. The number of hydrogen-bond acceptors (Lipinski definition) is 3. The molecule has 0 amide bonds. The number of rotatable bonds is 5. The summed E-state index contributed by atoms with van der Waals surface area (Å²) < 4.78 is 4.90. The second kappa shape index (κ2) is 5.26. The molecule has 0 saturated carbocycles. The number of aliphatic carboxylic acids is 1. The number of Topliss-reactive ketones (excluding diaryl/α,β-unsaturated/α-hetero) is 1. The number of carbonyl (C=O) groups is 2. The van der Waals surface area contributed by atoms with E-state index in [1.165, 1.54) is 6.92 Å². The van der Waals surface area contributed by atoms with Gasteiger partial charge in [-0.2, -0.15) is 0 Å². The van der Waals surface area contributed by atoms with Gasteiger partial charge in [0.2, 0.25) is 0 Å². The lowest BCUT2D eigenvalue weighted by atomic mass is 10.1. The van der Waals surface area contributed by atoms with Gasteiger partial charge in [0, 0.05) is 5.56 Å². The molecule has 1 aromatic rings. The fraction of sp³-hybridized carbons (Fsp3) is 0.273. The summed E-state index contributed by atoms with van der Waals surface area (Å²) in [6.07, 6.45) is 0. The standard InChI is InChI=1S/C11H12O4/c1-8(12)10-4-2-9(3-5-10)6-15-7-11(13)14/h2-5H,6-7H2,1H3,(H,13,14). The van der Waals surface area contributed by atoms with Gasteiger partial charge in [0.15, 0.2) is 5.78 Å². The summed E-state index contributed by atoms with van der Waals surface area (Å²) in [5.74, 6) is -0.983. The van der Waals surface area contributed by atoms with Gasteiger partial charge in [-0.1, -0.05) is 24.3 Å². The number of carboxylic acids is 1. The first-order valence-corrected chi connectivity index (χ1v) is 4.49. The van der Waals surface area contributed by atoms with E-state index in [1.807, 2.05) is 0 Å². The number of benzene rings is 1. The van der Waals surface area contributed by atoms with Gasteiger partial charge in [-0.15, -0.1) is 0 Å². The highest BCUT2D eigenvalue weighted by Crippen LogP contribution is 2.06. The molecule has 0 aliphatic carbocycles. The average molecular weight is 208 g/mol. The molecule has 0 aliphatic rings. The Morgan fingerprint density at radius 3 is 2.33 bits per heavy atom. The predicted molar refractivity (Wildman–Crippen MR) is 53.7 cm³/mol. The third-order valence-corrected chi connectivity index (χ3v) is 1.85. The Morgan fingerprint density at radius 1 is 1.27 bits per heavy atom. The predicted octanol–water partition coefficient (Wildman–Crippen LogP) is 1.49. The van der Waals surface area contributed by atoms with Crippen molar-refractivity contribution in [3.05, 3.63) is 35.4 Å². The quantitative estimate of drug-likeness (QED) is 0.744. The Bertz CT molecular complexity index is 353. The smallest absolute Gasteiger partial charge is 0.329 e. The highest BCUT2D eigenvalue weighted by Gasteiger charge is 2.00. The minimum Gasteiger partial charge on any atom is -0.480 e. The van der Waals surface area contributed by atoms with E-state index in [4.69, 9.17) is 9.84 Å². The zero-order chi connectivity index (χ0) is 11.3. The van der Waals surface area contributed by atoms with E-state index in [-0.39, 0.29) is 19.0 Å². The Morgan fingerprint density at radius 2 is 1.87 bits per heavy atom. The molecule has 0 heterocycles. The Balaban J connectivity index is 2.50. The first-order chi connectivity index (χ1) is 7.09. The summed E-state index contributed by atoms with van der Waals surface area (Å²) in [5, 5.41) is 8.34. The number of ketones is 1. The van der Waals surface area contributed by atoms with Crippen molar-refractivity contribution in [2.45, 2.75) is 13.5 Å². The van der Waals surface area contributed by atoms with E-state index in [9.17, 15) is 9.59 Å². The van der Waals surface area contributed by atoms with Crippen LogP contribution in [0.25, 0.3) is 0 Å².